The van der Waals surface area contributed by atoms with Gasteiger partial charge in [0.25, 0.3) is 6.10 Å². The Morgan fingerprint density at radius 1 is 1.10 bits per heavy atom. The van der Waals surface area contributed by atoms with Gasteiger partial charge in [-0.1, -0.05) is 24.8 Å². The number of aliphatic carboxylic acids is 2. The van der Waals surface area contributed by atoms with E-state index in [2.05, 4.69) is 12.6 Å². The fourth-order valence-electron chi connectivity index (χ4n) is 1.24. The van der Waals surface area contributed by atoms with Crippen LogP contribution in [0.5, 0.6) is 5.75 Å². The maximum atomic E-state index is 10.6. The minimum Gasteiger partial charge on any atom is -0.478 e. The third-order valence-corrected chi connectivity index (χ3v) is 2.06. The third-order valence-electron chi connectivity index (χ3n) is 2.06. The molecule has 1 aromatic rings. The average molecular weight is 317 g/mol. The van der Waals surface area contributed by atoms with Crippen LogP contribution in [0.15, 0.2) is 24.3 Å². The second-order valence-corrected chi connectivity index (χ2v) is 4.02. The first-order valence-corrected chi connectivity index (χ1v) is 6.05. The highest BCUT2D eigenvalue weighted by atomic mass is 32.1. The Labute approximate surface area is 125 Å². The van der Waals surface area contributed by atoms with Crippen LogP contribution in [-0.2, 0) is 16.0 Å². The van der Waals surface area contributed by atoms with E-state index in [9.17, 15) is 9.59 Å². The third kappa shape index (κ3) is 8.50. The molecule has 0 radical (unpaired) electrons. The summed E-state index contributed by atoms with van der Waals surface area (Å²) in [5.74, 6) is -2.88. The number of carboxylic acid groups (broad SMARTS) is 3. The summed E-state index contributed by atoms with van der Waals surface area (Å²) in [7, 11) is 0. The Morgan fingerprint density at radius 3 is 1.86 bits per heavy atom. The normalized spacial score (nSPS) is 9.48. The highest BCUT2D eigenvalue weighted by molar-refractivity contribution is 7.96. The SMILES string of the molecule is NCCc1ccc(OC(C(=O)O)C(=O)O)cc1.O=C(O)S. The molecule has 0 aromatic heterocycles. The molecule has 0 heterocycles. The first-order chi connectivity index (χ1) is 9.77. The summed E-state index contributed by atoms with van der Waals surface area (Å²) in [5, 5.41) is 23.4. The molecule has 0 unspecified atom stereocenters. The summed E-state index contributed by atoms with van der Waals surface area (Å²) in [6, 6.07) is 6.46. The molecule has 0 bridgehead atoms. The van der Waals surface area contributed by atoms with Gasteiger partial charge < -0.3 is 25.8 Å². The van der Waals surface area contributed by atoms with Gasteiger partial charge in [0.2, 0.25) is 0 Å². The van der Waals surface area contributed by atoms with Gasteiger partial charge in [0.05, 0.1) is 0 Å². The second kappa shape index (κ2) is 9.61. The van der Waals surface area contributed by atoms with Crippen LogP contribution in [0.25, 0.3) is 0 Å². The molecule has 21 heavy (non-hydrogen) atoms. The molecule has 116 valence electrons. The largest absolute Gasteiger partial charge is 0.478 e. The first kappa shape index (κ1) is 18.7. The van der Waals surface area contributed by atoms with E-state index in [1.165, 1.54) is 12.1 Å². The molecule has 0 spiro atoms. The lowest BCUT2D eigenvalue weighted by atomic mass is 10.1. The molecule has 0 fully saturated rings. The number of rotatable bonds is 6. The van der Waals surface area contributed by atoms with Crippen LogP contribution in [0.3, 0.4) is 0 Å². The van der Waals surface area contributed by atoms with Crippen molar-refractivity contribution in [2.24, 2.45) is 5.73 Å². The van der Waals surface area contributed by atoms with Crippen LogP contribution in [0.2, 0.25) is 0 Å². The number of ether oxygens (including phenoxy) is 1. The number of nitrogens with two attached hydrogens (primary N) is 1. The van der Waals surface area contributed by atoms with Gasteiger partial charge in [0, 0.05) is 0 Å². The van der Waals surface area contributed by atoms with Crippen LogP contribution in [0, 0.1) is 0 Å². The predicted molar refractivity (Wildman–Crippen MR) is 75.9 cm³/mol. The molecular weight excluding hydrogens is 302 g/mol. The van der Waals surface area contributed by atoms with Gasteiger partial charge in [-0.05, 0) is 30.7 Å². The molecule has 9 heteroatoms. The molecule has 0 aliphatic carbocycles. The maximum absolute atomic E-state index is 10.6. The molecule has 1 rings (SSSR count). The van der Waals surface area contributed by atoms with Gasteiger partial charge in [-0.3, -0.25) is 0 Å². The number of hydrogen-bond acceptors (Lipinski definition) is 5. The summed E-state index contributed by atoms with van der Waals surface area (Å²) in [4.78, 5) is 30.0. The van der Waals surface area contributed by atoms with Gasteiger partial charge in [-0.25, -0.2) is 14.4 Å². The molecule has 0 amide bonds. The van der Waals surface area contributed by atoms with E-state index in [1.54, 1.807) is 12.1 Å². The van der Waals surface area contributed by atoms with Crippen molar-refractivity contribution in [2.45, 2.75) is 12.5 Å². The molecule has 0 saturated heterocycles. The zero-order chi connectivity index (χ0) is 16.4. The van der Waals surface area contributed by atoms with E-state index < -0.39 is 23.3 Å². The number of thiol groups is 1. The zero-order valence-electron chi connectivity index (χ0n) is 10.8. The van der Waals surface area contributed by atoms with Crippen LogP contribution >= 0.6 is 12.6 Å². The van der Waals surface area contributed by atoms with E-state index in [0.717, 1.165) is 5.56 Å². The van der Waals surface area contributed by atoms with Crippen LogP contribution in [-0.4, -0.2) is 45.2 Å². The summed E-state index contributed by atoms with van der Waals surface area (Å²) in [6.45, 7) is 0.507. The Hall–Kier alpha value is -2.26. The lowest BCUT2D eigenvalue weighted by Crippen LogP contribution is -2.35. The van der Waals surface area contributed by atoms with Crippen molar-refractivity contribution < 1.29 is 34.4 Å². The van der Waals surface area contributed by atoms with E-state index >= 15 is 0 Å². The smallest absolute Gasteiger partial charge is 0.361 e. The van der Waals surface area contributed by atoms with Crippen molar-refractivity contribution in [2.75, 3.05) is 6.54 Å². The van der Waals surface area contributed by atoms with E-state index in [-0.39, 0.29) is 5.75 Å². The summed E-state index contributed by atoms with van der Waals surface area (Å²) in [6.07, 6.45) is -1.20. The predicted octanol–water partition coefficient (Wildman–Crippen LogP) is 0.699. The lowest BCUT2D eigenvalue weighted by molar-refractivity contribution is -0.159. The van der Waals surface area contributed by atoms with Crippen LogP contribution < -0.4 is 10.5 Å². The second-order valence-electron chi connectivity index (χ2n) is 3.64. The first-order valence-electron chi connectivity index (χ1n) is 5.61. The molecule has 0 saturated carbocycles. The maximum Gasteiger partial charge on any atom is 0.361 e. The quantitative estimate of drug-likeness (QED) is 0.380. The van der Waals surface area contributed by atoms with Crippen molar-refractivity contribution in [3.8, 4) is 5.75 Å². The molecule has 8 nitrogen and oxygen atoms in total. The molecule has 0 aliphatic heterocycles. The molecule has 5 N–H and O–H groups in total. The number of carbonyl (C=O) groups is 3. The molecule has 0 aliphatic rings. The Bertz CT molecular complexity index is 471. The van der Waals surface area contributed by atoms with Crippen molar-refractivity contribution >= 4 is 29.9 Å². The van der Waals surface area contributed by atoms with Gasteiger partial charge in [-0.2, -0.15) is 0 Å². The summed E-state index contributed by atoms with van der Waals surface area (Å²) < 4.78 is 4.84. The Kier molecular flexibility index (Phi) is 8.58. The lowest BCUT2D eigenvalue weighted by Gasteiger charge is -2.11. The highest BCUT2D eigenvalue weighted by Gasteiger charge is 2.27. The number of benzene rings is 1. The minimum atomic E-state index is -1.89. The van der Waals surface area contributed by atoms with E-state index in [4.69, 9.17) is 30.6 Å². The standard InChI is InChI=1S/C11H13NO5.CH2O2S/c12-6-5-7-1-3-8(4-2-7)17-9(10(13)14)11(15)16;2-1(3)4/h1-4,9H,5-6,12H2,(H,13,14)(H,15,16);4H,(H,2,3). The van der Waals surface area contributed by atoms with E-state index in [1.807, 2.05) is 0 Å². The molecule has 1 aromatic carbocycles. The van der Waals surface area contributed by atoms with Gasteiger partial charge in [-0.15, -0.1) is 0 Å². The number of carboxylic acids is 2. The fraction of sp³-hybridized carbons (Fsp3) is 0.250. The molecule has 0 atom stereocenters. The van der Waals surface area contributed by atoms with Gasteiger partial charge in [0.15, 0.2) is 0 Å². The summed E-state index contributed by atoms with van der Waals surface area (Å²) >= 11 is 2.88. The van der Waals surface area contributed by atoms with Crippen molar-refractivity contribution in [1.82, 2.24) is 0 Å². The minimum absolute atomic E-state index is 0.195. The Morgan fingerprint density at radius 2 is 1.52 bits per heavy atom. The topological polar surface area (TPSA) is 147 Å². The highest BCUT2D eigenvalue weighted by Crippen LogP contribution is 2.14. The van der Waals surface area contributed by atoms with Crippen molar-refractivity contribution in [3.05, 3.63) is 29.8 Å². The fourth-order valence-corrected chi connectivity index (χ4v) is 1.24. The van der Waals surface area contributed by atoms with Crippen molar-refractivity contribution in [1.29, 1.82) is 0 Å². The van der Waals surface area contributed by atoms with Crippen LogP contribution in [0.1, 0.15) is 5.56 Å². The summed E-state index contributed by atoms with van der Waals surface area (Å²) in [5.41, 5.74) is 6.35. The van der Waals surface area contributed by atoms with E-state index in [0.29, 0.717) is 13.0 Å². The average Bonchev–Trinajstić information content (AvgIpc) is 2.36. The van der Waals surface area contributed by atoms with Crippen LogP contribution in [0.4, 0.5) is 4.79 Å². The molecular formula is C12H15NO7S. The van der Waals surface area contributed by atoms with Crippen molar-refractivity contribution in [3.63, 3.8) is 0 Å². The van der Waals surface area contributed by atoms with Gasteiger partial charge in [0.1, 0.15) is 5.75 Å². The monoisotopic (exact) mass is 317 g/mol. The zero-order valence-corrected chi connectivity index (χ0v) is 11.7. The Balaban J connectivity index is 0.000000885. The number of hydrogen-bond donors (Lipinski definition) is 5. The van der Waals surface area contributed by atoms with Gasteiger partial charge >= 0.3 is 17.2 Å².